The number of aryl methyl sites for hydroxylation is 1. The van der Waals surface area contributed by atoms with Crippen LogP contribution in [0, 0.1) is 0 Å². The van der Waals surface area contributed by atoms with Crippen LogP contribution < -0.4 is 16.4 Å². The minimum Gasteiger partial charge on any atom is -0.451 e. The number of nitrogens with two attached hydrogens (primary N) is 1. The zero-order valence-corrected chi connectivity index (χ0v) is 15.5. The zero-order valence-electron chi connectivity index (χ0n) is 14.7. The highest BCUT2D eigenvalue weighted by Gasteiger charge is 2.25. The van der Waals surface area contributed by atoms with Crippen LogP contribution in [0.2, 0.25) is 0 Å². The number of amides is 3. The summed E-state index contributed by atoms with van der Waals surface area (Å²) in [6.45, 7) is 3.52. The molecule has 0 radical (unpaired) electrons. The summed E-state index contributed by atoms with van der Waals surface area (Å²) in [5.41, 5.74) is 6.86. The Bertz CT molecular complexity index is 592. The van der Waals surface area contributed by atoms with Gasteiger partial charge in [-0.15, -0.1) is 0 Å². The molecule has 3 amide bonds. The maximum absolute atomic E-state index is 12.2. The van der Waals surface area contributed by atoms with Gasteiger partial charge in [0.15, 0.2) is 6.10 Å². The van der Waals surface area contributed by atoms with E-state index in [4.69, 9.17) is 10.5 Å². The van der Waals surface area contributed by atoms with Gasteiger partial charge in [0, 0.05) is 5.69 Å². The summed E-state index contributed by atoms with van der Waals surface area (Å²) in [6, 6.07) is 5.74. The van der Waals surface area contributed by atoms with E-state index >= 15 is 0 Å². The van der Waals surface area contributed by atoms with Crippen LogP contribution in [0.5, 0.6) is 0 Å². The summed E-state index contributed by atoms with van der Waals surface area (Å²) in [4.78, 5) is 35.3. The number of thioether (sulfide) groups is 1. The van der Waals surface area contributed by atoms with E-state index < -0.39 is 30.1 Å². The van der Waals surface area contributed by atoms with E-state index in [0.29, 0.717) is 17.9 Å². The van der Waals surface area contributed by atoms with Gasteiger partial charge in [0.2, 0.25) is 0 Å². The largest absolute Gasteiger partial charge is 0.451 e. The van der Waals surface area contributed by atoms with Crippen molar-refractivity contribution >= 4 is 35.4 Å². The number of anilines is 1. The summed E-state index contributed by atoms with van der Waals surface area (Å²) >= 11 is 1.53. The number of ether oxygens (including phenoxy) is 1. The van der Waals surface area contributed by atoms with E-state index in [-0.39, 0.29) is 0 Å². The standard InChI is InChI=1S/C17H25N3O4S/c1-4-12-5-7-13(8-6-12)19-15(21)11(2)24-16(22)14(9-10-25-3)20-17(18)23/h5-8,11,14H,4,9-10H2,1-3H3,(H,19,21)(H3,18,20,23)/t11-,14+/m0/s1. The van der Waals surface area contributed by atoms with Crippen molar-refractivity contribution < 1.29 is 19.1 Å². The SMILES string of the molecule is CCc1ccc(NC(=O)[C@H](C)OC(=O)[C@@H](CCSC)NC(N)=O)cc1. The number of primary amides is 1. The summed E-state index contributed by atoms with van der Waals surface area (Å²) in [5.74, 6) is -0.484. The molecule has 0 aliphatic carbocycles. The lowest BCUT2D eigenvalue weighted by Crippen LogP contribution is -2.46. The average Bonchev–Trinajstić information content (AvgIpc) is 2.58. The maximum atomic E-state index is 12.2. The molecule has 1 aromatic carbocycles. The Labute approximate surface area is 152 Å². The van der Waals surface area contributed by atoms with E-state index in [1.807, 2.05) is 25.3 Å². The number of carbonyl (C=O) groups is 3. The van der Waals surface area contributed by atoms with Crippen LogP contribution in [0.15, 0.2) is 24.3 Å². The van der Waals surface area contributed by atoms with Gasteiger partial charge in [-0.2, -0.15) is 11.8 Å². The Morgan fingerprint density at radius 1 is 1.24 bits per heavy atom. The van der Waals surface area contributed by atoms with Crippen LogP contribution in [0.4, 0.5) is 10.5 Å². The van der Waals surface area contributed by atoms with E-state index in [2.05, 4.69) is 10.6 Å². The van der Waals surface area contributed by atoms with Crippen LogP contribution in [-0.2, 0) is 20.7 Å². The fourth-order valence-electron chi connectivity index (χ4n) is 2.03. The lowest BCUT2D eigenvalue weighted by atomic mass is 10.1. The second-order valence-corrected chi connectivity index (χ2v) is 6.45. The summed E-state index contributed by atoms with van der Waals surface area (Å²) < 4.78 is 5.16. The Morgan fingerprint density at radius 3 is 2.40 bits per heavy atom. The van der Waals surface area contributed by atoms with Crippen LogP contribution >= 0.6 is 11.8 Å². The minimum absolute atomic E-state index is 0.371. The Balaban J connectivity index is 2.60. The van der Waals surface area contributed by atoms with Gasteiger partial charge in [-0.25, -0.2) is 9.59 Å². The molecule has 25 heavy (non-hydrogen) atoms. The predicted molar refractivity (Wildman–Crippen MR) is 99.5 cm³/mol. The molecule has 0 aliphatic heterocycles. The third-order valence-corrected chi connectivity index (χ3v) is 4.15. The first-order chi connectivity index (χ1) is 11.9. The number of carbonyl (C=O) groups excluding carboxylic acids is 3. The van der Waals surface area contributed by atoms with Crippen LogP contribution in [0.1, 0.15) is 25.8 Å². The topological polar surface area (TPSA) is 111 Å². The minimum atomic E-state index is -0.996. The first-order valence-electron chi connectivity index (χ1n) is 8.02. The molecule has 0 heterocycles. The molecule has 0 saturated carbocycles. The lowest BCUT2D eigenvalue weighted by molar-refractivity contribution is -0.155. The van der Waals surface area contributed by atoms with Gasteiger partial charge < -0.3 is 21.1 Å². The summed E-state index contributed by atoms with van der Waals surface area (Å²) in [7, 11) is 0. The number of esters is 1. The number of hydrogen-bond donors (Lipinski definition) is 3. The van der Waals surface area contributed by atoms with Gasteiger partial charge in [-0.05, 0) is 49.5 Å². The lowest BCUT2D eigenvalue weighted by Gasteiger charge is -2.19. The number of nitrogens with one attached hydrogen (secondary N) is 2. The molecule has 1 rings (SSSR count). The molecule has 0 fully saturated rings. The second-order valence-electron chi connectivity index (χ2n) is 5.46. The molecule has 138 valence electrons. The first kappa shape index (κ1) is 20.8. The molecule has 0 aliphatic rings. The van der Waals surface area contributed by atoms with Gasteiger partial charge in [0.25, 0.3) is 5.91 Å². The molecule has 0 unspecified atom stereocenters. The third kappa shape index (κ3) is 7.47. The number of urea groups is 1. The second kappa shape index (κ2) is 10.6. The first-order valence-corrected chi connectivity index (χ1v) is 9.42. The van der Waals surface area contributed by atoms with Gasteiger partial charge in [0.05, 0.1) is 0 Å². The smallest absolute Gasteiger partial charge is 0.329 e. The summed E-state index contributed by atoms with van der Waals surface area (Å²) in [6.07, 6.45) is 2.17. The normalized spacial score (nSPS) is 12.8. The molecular formula is C17H25N3O4S. The number of rotatable bonds is 9. The van der Waals surface area contributed by atoms with E-state index in [0.717, 1.165) is 12.0 Å². The van der Waals surface area contributed by atoms with Crippen molar-refractivity contribution in [2.24, 2.45) is 5.73 Å². The van der Waals surface area contributed by atoms with Gasteiger partial charge in [-0.3, -0.25) is 4.79 Å². The van der Waals surface area contributed by atoms with Crippen molar-refractivity contribution in [1.82, 2.24) is 5.32 Å². The summed E-state index contributed by atoms with van der Waals surface area (Å²) in [5, 5.41) is 5.03. The molecule has 0 spiro atoms. The van der Waals surface area contributed by atoms with Crippen LogP contribution in [-0.4, -0.2) is 42.1 Å². The van der Waals surface area contributed by atoms with Crippen molar-refractivity contribution in [2.75, 3.05) is 17.3 Å². The number of hydrogen-bond acceptors (Lipinski definition) is 5. The van der Waals surface area contributed by atoms with E-state index in [9.17, 15) is 14.4 Å². The average molecular weight is 367 g/mol. The highest BCUT2D eigenvalue weighted by Crippen LogP contribution is 2.11. The highest BCUT2D eigenvalue weighted by molar-refractivity contribution is 7.98. The molecule has 4 N–H and O–H groups in total. The fraction of sp³-hybridized carbons (Fsp3) is 0.471. The van der Waals surface area contributed by atoms with Crippen molar-refractivity contribution in [2.45, 2.75) is 38.8 Å². The molecule has 0 saturated heterocycles. The Morgan fingerprint density at radius 2 is 1.88 bits per heavy atom. The van der Waals surface area contributed by atoms with E-state index in [1.165, 1.54) is 18.7 Å². The molecule has 0 aromatic heterocycles. The quantitative estimate of drug-likeness (QED) is 0.578. The van der Waals surface area contributed by atoms with Crippen molar-refractivity contribution in [1.29, 1.82) is 0 Å². The monoisotopic (exact) mass is 367 g/mol. The molecule has 8 heteroatoms. The van der Waals surface area contributed by atoms with Crippen molar-refractivity contribution in [3.63, 3.8) is 0 Å². The zero-order chi connectivity index (χ0) is 18.8. The van der Waals surface area contributed by atoms with Crippen LogP contribution in [0.25, 0.3) is 0 Å². The Hall–Kier alpha value is -2.22. The van der Waals surface area contributed by atoms with Crippen LogP contribution in [0.3, 0.4) is 0 Å². The maximum Gasteiger partial charge on any atom is 0.329 e. The van der Waals surface area contributed by atoms with Crippen molar-refractivity contribution in [3.8, 4) is 0 Å². The molecule has 0 bridgehead atoms. The molecular weight excluding hydrogens is 342 g/mol. The van der Waals surface area contributed by atoms with Gasteiger partial charge >= 0.3 is 12.0 Å². The van der Waals surface area contributed by atoms with E-state index in [1.54, 1.807) is 12.1 Å². The molecule has 1 aromatic rings. The van der Waals surface area contributed by atoms with Gasteiger partial charge in [0.1, 0.15) is 6.04 Å². The highest BCUT2D eigenvalue weighted by atomic mass is 32.2. The third-order valence-electron chi connectivity index (χ3n) is 3.50. The number of benzene rings is 1. The Kier molecular flexibility index (Phi) is 8.83. The van der Waals surface area contributed by atoms with Gasteiger partial charge in [-0.1, -0.05) is 19.1 Å². The fourth-order valence-corrected chi connectivity index (χ4v) is 2.51. The predicted octanol–water partition coefficient (Wildman–Crippen LogP) is 1.91. The molecule has 7 nitrogen and oxygen atoms in total. The van der Waals surface area contributed by atoms with Crippen molar-refractivity contribution in [3.05, 3.63) is 29.8 Å². The molecule has 2 atom stereocenters.